The van der Waals surface area contributed by atoms with Gasteiger partial charge in [0.05, 0.1) is 12.0 Å². The fourth-order valence-electron chi connectivity index (χ4n) is 3.63. The fourth-order valence-corrected chi connectivity index (χ4v) is 4.85. The molecule has 4 rings (SSSR count). The maximum atomic E-state index is 11.9. The SMILES string of the molecule is CCOC(=O)N1CCN(c2ncnc3sc4c(c23)CCCC4)CC1. The fraction of sp³-hybridized carbons (Fsp3) is 0.588. The average Bonchev–Trinajstić information content (AvgIpc) is 3.01. The van der Waals surface area contributed by atoms with Gasteiger partial charge in [-0.15, -0.1) is 11.3 Å². The van der Waals surface area contributed by atoms with Gasteiger partial charge in [0.2, 0.25) is 0 Å². The number of rotatable bonds is 2. The van der Waals surface area contributed by atoms with E-state index >= 15 is 0 Å². The van der Waals surface area contributed by atoms with Crippen molar-refractivity contribution in [1.82, 2.24) is 14.9 Å². The van der Waals surface area contributed by atoms with Crippen LogP contribution in [0.3, 0.4) is 0 Å². The number of fused-ring (bicyclic) bond motifs is 3. The normalized spacial score (nSPS) is 17.9. The molecule has 128 valence electrons. The number of carbonyl (C=O) groups is 1. The molecule has 2 aromatic rings. The summed E-state index contributed by atoms with van der Waals surface area (Å²) in [6, 6.07) is 0. The zero-order valence-corrected chi connectivity index (χ0v) is 14.8. The summed E-state index contributed by atoms with van der Waals surface area (Å²) in [5, 5.41) is 1.25. The molecular weight excluding hydrogens is 324 g/mol. The predicted octanol–water partition coefficient (Wildman–Crippen LogP) is 2.85. The zero-order chi connectivity index (χ0) is 16.5. The van der Waals surface area contributed by atoms with Crippen LogP contribution in [0.1, 0.15) is 30.2 Å². The smallest absolute Gasteiger partial charge is 0.409 e. The number of carbonyl (C=O) groups excluding carboxylic acids is 1. The Morgan fingerprint density at radius 3 is 2.79 bits per heavy atom. The first-order valence-electron chi connectivity index (χ1n) is 8.70. The van der Waals surface area contributed by atoms with Crippen LogP contribution in [0.5, 0.6) is 0 Å². The Morgan fingerprint density at radius 2 is 2.00 bits per heavy atom. The number of ether oxygens (including phenoxy) is 1. The van der Waals surface area contributed by atoms with E-state index in [1.807, 2.05) is 18.3 Å². The number of nitrogens with zero attached hydrogens (tertiary/aromatic N) is 4. The first-order valence-corrected chi connectivity index (χ1v) is 9.51. The van der Waals surface area contributed by atoms with Gasteiger partial charge in [0.25, 0.3) is 0 Å². The van der Waals surface area contributed by atoms with Crippen LogP contribution in [0.15, 0.2) is 6.33 Å². The number of hydrogen-bond acceptors (Lipinski definition) is 6. The molecule has 3 heterocycles. The van der Waals surface area contributed by atoms with Crippen molar-refractivity contribution in [3.8, 4) is 0 Å². The van der Waals surface area contributed by atoms with Crippen LogP contribution < -0.4 is 4.90 Å². The number of piperazine rings is 1. The molecule has 0 unspecified atom stereocenters. The van der Waals surface area contributed by atoms with Crippen LogP contribution in [0.25, 0.3) is 10.2 Å². The Bertz CT molecular complexity index is 752. The van der Waals surface area contributed by atoms with Gasteiger partial charge >= 0.3 is 6.09 Å². The highest BCUT2D eigenvalue weighted by Gasteiger charge is 2.26. The number of hydrogen-bond donors (Lipinski definition) is 0. The third-order valence-corrected chi connectivity index (χ3v) is 6.04. The Labute approximate surface area is 145 Å². The number of aromatic nitrogens is 2. The van der Waals surface area contributed by atoms with Crippen molar-refractivity contribution in [1.29, 1.82) is 0 Å². The minimum absolute atomic E-state index is 0.210. The van der Waals surface area contributed by atoms with Gasteiger partial charge in [0.15, 0.2) is 0 Å². The van der Waals surface area contributed by atoms with E-state index in [9.17, 15) is 4.79 Å². The zero-order valence-electron chi connectivity index (χ0n) is 14.0. The summed E-state index contributed by atoms with van der Waals surface area (Å²) in [5.74, 6) is 1.04. The molecule has 1 saturated heterocycles. The minimum atomic E-state index is -0.210. The van der Waals surface area contributed by atoms with E-state index in [0.717, 1.165) is 30.2 Å². The van der Waals surface area contributed by atoms with Crippen LogP contribution in [-0.2, 0) is 17.6 Å². The van der Waals surface area contributed by atoms with Gasteiger partial charge in [-0.25, -0.2) is 14.8 Å². The highest BCUT2D eigenvalue weighted by molar-refractivity contribution is 7.19. The number of anilines is 1. The van der Waals surface area contributed by atoms with Gasteiger partial charge in [0.1, 0.15) is 17.0 Å². The molecule has 2 aliphatic rings. The molecular formula is C17H22N4O2S. The second-order valence-electron chi connectivity index (χ2n) is 6.26. The first-order chi connectivity index (χ1) is 11.8. The topological polar surface area (TPSA) is 58.6 Å². The molecule has 0 spiro atoms. The van der Waals surface area contributed by atoms with E-state index in [1.54, 1.807) is 11.2 Å². The van der Waals surface area contributed by atoms with Gasteiger partial charge in [-0.3, -0.25) is 0 Å². The molecule has 7 heteroatoms. The maximum absolute atomic E-state index is 11.9. The lowest BCUT2D eigenvalue weighted by Crippen LogP contribution is -2.49. The number of thiophene rings is 1. The van der Waals surface area contributed by atoms with Gasteiger partial charge in [-0.05, 0) is 38.2 Å². The largest absolute Gasteiger partial charge is 0.450 e. The van der Waals surface area contributed by atoms with E-state index in [2.05, 4.69) is 14.9 Å². The Hall–Kier alpha value is -1.89. The lowest BCUT2D eigenvalue weighted by Gasteiger charge is -2.35. The van der Waals surface area contributed by atoms with Crippen molar-refractivity contribution in [2.45, 2.75) is 32.6 Å². The summed E-state index contributed by atoms with van der Waals surface area (Å²) in [6.45, 7) is 5.19. The van der Waals surface area contributed by atoms with Crippen LogP contribution in [0, 0.1) is 0 Å². The lowest BCUT2D eigenvalue weighted by atomic mass is 9.97. The molecule has 1 aliphatic heterocycles. The molecule has 1 aliphatic carbocycles. The van der Waals surface area contributed by atoms with E-state index in [1.165, 1.54) is 35.1 Å². The monoisotopic (exact) mass is 346 g/mol. The highest BCUT2D eigenvalue weighted by atomic mass is 32.1. The standard InChI is InChI=1S/C17H22N4O2S/c1-2-23-17(22)21-9-7-20(8-10-21)15-14-12-5-3-4-6-13(12)24-16(14)19-11-18-15/h11H,2-10H2,1H3. The van der Waals surface area contributed by atoms with Gasteiger partial charge < -0.3 is 14.5 Å². The minimum Gasteiger partial charge on any atom is -0.450 e. The van der Waals surface area contributed by atoms with Gasteiger partial charge in [0, 0.05) is 31.1 Å². The van der Waals surface area contributed by atoms with E-state index in [-0.39, 0.29) is 6.09 Å². The van der Waals surface area contributed by atoms with Crippen LogP contribution >= 0.6 is 11.3 Å². The first kappa shape index (κ1) is 15.6. The van der Waals surface area contributed by atoms with Crippen LogP contribution in [0.4, 0.5) is 10.6 Å². The van der Waals surface area contributed by atoms with Crippen molar-refractivity contribution in [2.75, 3.05) is 37.7 Å². The molecule has 1 fully saturated rings. The molecule has 24 heavy (non-hydrogen) atoms. The number of aryl methyl sites for hydroxylation is 2. The van der Waals surface area contributed by atoms with E-state index < -0.39 is 0 Å². The Morgan fingerprint density at radius 1 is 1.21 bits per heavy atom. The quantitative estimate of drug-likeness (QED) is 0.837. The third-order valence-electron chi connectivity index (χ3n) is 4.84. The average molecular weight is 346 g/mol. The Kier molecular flexibility index (Phi) is 4.26. The van der Waals surface area contributed by atoms with Crippen molar-refractivity contribution >= 4 is 33.5 Å². The number of amides is 1. The molecule has 6 nitrogen and oxygen atoms in total. The summed E-state index contributed by atoms with van der Waals surface area (Å²) in [6.07, 6.45) is 6.31. The molecule has 0 bridgehead atoms. The second kappa shape index (κ2) is 6.55. The van der Waals surface area contributed by atoms with E-state index in [4.69, 9.17) is 4.74 Å². The summed E-state index contributed by atoms with van der Waals surface area (Å²) in [7, 11) is 0. The summed E-state index contributed by atoms with van der Waals surface area (Å²) in [5.41, 5.74) is 1.46. The van der Waals surface area contributed by atoms with Crippen LogP contribution in [0.2, 0.25) is 0 Å². The maximum Gasteiger partial charge on any atom is 0.409 e. The lowest BCUT2D eigenvalue weighted by molar-refractivity contribution is 0.105. The Balaban J connectivity index is 1.59. The van der Waals surface area contributed by atoms with Crippen LogP contribution in [-0.4, -0.2) is 53.7 Å². The summed E-state index contributed by atoms with van der Waals surface area (Å²) >= 11 is 1.83. The third kappa shape index (κ3) is 2.70. The molecule has 0 N–H and O–H groups in total. The molecule has 2 aromatic heterocycles. The molecule has 0 aromatic carbocycles. The van der Waals surface area contributed by atoms with Crippen molar-refractivity contribution in [2.24, 2.45) is 0 Å². The van der Waals surface area contributed by atoms with Crippen molar-refractivity contribution < 1.29 is 9.53 Å². The second-order valence-corrected chi connectivity index (χ2v) is 7.34. The molecule has 1 amide bonds. The van der Waals surface area contributed by atoms with Crippen molar-refractivity contribution in [3.63, 3.8) is 0 Å². The molecule has 0 atom stereocenters. The summed E-state index contributed by atoms with van der Waals surface area (Å²) < 4.78 is 5.10. The highest BCUT2D eigenvalue weighted by Crippen LogP contribution is 2.39. The molecule has 0 saturated carbocycles. The van der Waals surface area contributed by atoms with Gasteiger partial charge in [-0.1, -0.05) is 0 Å². The van der Waals surface area contributed by atoms with E-state index in [0.29, 0.717) is 19.7 Å². The van der Waals surface area contributed by atoms with Crippen molar-refractivity contribution in [3.05, 3.63) is 16.8 Å². The summed E-state index contributed by atoms with van der Waals surface area (Å²) in [4.78, 5) is 27.6. The molecule has 0 radical (unpaired) electrons. The predicted molar refractivity (Wildman–Crippen MR) is 94.9 cm³/mol. The van der Waals surface area contributed by atoms with Gasteiger partial charge in [-0.2, -0.15) is 0 Å².